The van der Waals surface area contributed by atoms with E-state index in [-0.39, 0.29) is 16.2 Å². The van der Waals surface area contributed by atoms with Crippen LogP contribution in [0.3, 0.4) is 0 Å². The largest absolute Gasteiger partial charge is 0.244 e. The van der Waals surface area contributed by atoms with Crippen molar-refractivity contribution in [2.45, 2.75) is 22.3 Å². The van der Waals surface area contributed by atoms with Gasteiger partial charge in [-0.15, -0.1) is 11.8 Å². The minimum atomic E-state index is -3.66. The Morgan fingerprint density at radius 3 is 2.71 bits per heavy atom. The molecule has 1 aromatic heterocycles. The van der Waals surface area contributed by atoms with Crippen LogP contribution in [-0.2, 0) is 10.0 Å². The molecule has 110 valence electrons. The van der Waals surface area contributed by atoms with Crippen molar-refractivity contribution < 1.29 is 8.42 Å². The van der Waals surface area contributed by atoms with Crippen molar-refractivity contribution in [3.63, 3.8) is 0 Å². The first-order valence-electron chi connectivity index (χ1n) is 6.28. The van der Waals surface area contributed by atoms with Crippen LogP contribution in [0, 0.1) is 0 Å². The standard InChI is InChI=1S/C13H12ClN3O2S2/c14-13-15-7-9(8-16-13)21(18,19)17-11-5-6-20-12-4-2-1-3-10(11)12/h1-4,7-8,11,17H,5-6H2. The van der Waals surface area contributed by atoms with Crippen LogP contribution in [0.5, 0.6) is 0 Å². The molecule has 5 nitrogen and oxygen atoms in total. The maximum atomic E-state index is 12.4. The second-order valence-electron chi connectivity index (χ2n) is 4.54. The molecule has 1 aliphatic heterocycles. The molecule has 0 saturated carbocycles. The first-order valence-corrected chi connectivity index (χ1v) is 9.12. The predicted molar refractivity (Wildman–Crippen MR) is 81.9 cm³/mol. The Balaban J connectivity index is 1.88. The molecule has 0 spiro atoms. The number of nitrogens with one attached hydrogen (secondary N) is 1. The van der Waals surface area contributed by atoms with Crippen LogP contribution in [0.2, 0.25) is 5.28 Å². The number of benzene rings is 1. The summed E-state index contributed by atoms with van der Waals surface area (Å²) in [4.78, 5) is 8.56. The molecule has 0 radical (unpaired) electrons. The summed E-state index contributed by atoms with van der Waals surface area (Å²) in [5.74, 6) is 0.876. The van der Waals surface area contributed by atoms with E-state index in [0.717, 1.165) is 22.6 Å². The third-order valence-corrected chi connectivity index (χ3v) is 5.91. The van der Waals surface area contributed by atoms with Crippen LogP contribution >= 0.6 is 23.4 Å². The molecule has 0 fully saturated rings. The fourth-order valence-corrected chi connectivity index (χ4v) is 4.52. The summed E-state index contributed by atoms with van der Waals surface area (Å²) in [6.07, 6.45) is 3.16. The number of thioether (sulfide) groups is 1. The number of sulfonamides is 1. The van der Waals surface area contributed by atoms with E-state index in [1.807, 2.05) is 24.3 Å². The van der Waals surface area contributed by atoms with Crippen molar-refractivity contribution in [2.75, 3.05) is 5.75 Å². The molecule has 1 unspecified atom stereocenters. The number of aromatic nitrogens is 2. The molecule has 0 bridgehead atoms. The fraction of sp³-hybridized carbons (Fsp3) is 0.231. The molecular weight excluding hydrogens is 330 g/mol. The molecule has 1 atom stereocenters. The van der Waals surface area contributed by atoms with Gasteiger partial charge in [-0.05, 0) is 35.4 Å². The molecule has 2 heterocycles. The van der Waals surface area contributed by atoms with E-state index in [0.29, 0.717) is 0 Å². The lowest BCUT2D eigenvalue weighted by molar-refractivity contribution is 0.545. The number of fused-ring (bicyclic) bond motifs is 1. The SMILES string of the molecule is O=S(=O)(NC1CCSc2ccccc21)c1cnc(Cl)nc1. The summed E-state index contributed by atoms with van der Waals surface area (Å²) in [6.45, 7) is 0. The molecule has 21 heavy (non-hydrogen) atoms. The Hall–Kier alpha value is -1.15. The summed E-state index contributed by atoms with van der Waals surface area (Å²) < 4.78 is 27.5. The van der Waals surface area contributed by atoms with Crippen LogP contribution in [-0.4, -0.2) is 24.1 Å². The van der Waals surface area contributed by atoms with Crippen LogP contribution < -0.4 is 4.72 Å². The van der Waals surface area contributed by atoms with Gasteiger partial charge in [-0.1, -0.05) is 18.2 Å². The lowest BCUT2D eigenvalue weighted by Crippen LogP contribution is -2.30. The Morgan fingerprint density at radius 1 is 1.24 bits per heavy atom. The van der Waals surface area contributed by atoms with Crippen molar-refractivity contribution in [1.29, 1.82) is 0 Å². The summed E-state index contributed by atoms with van der Waals surface area (Å²) in [5, 5.41) is 0.0216. The quantitative estimate of drug-likeness (QED) is 0.869. The van der Waals surface area contributed by atoms with Crippen molar-refractivity contribution in [3.05, 3.63) is 47.5 Å². The topological polar surface area (TPSA) is 72.0 Å². The number of hydrogen-bond acceptors (Lipinski definition) is 5. The van der Waals surface area contributed by atoms with Gasteiger partial charge in [-0.3, -0.25) is 0 Å². The Kier molecular flexibility index (Phi) is 4.17. The van der Waals surface area contributed by atoms with E-state index in [4.69, 9.17) is 11.6 Å². The van der Waals surface area contributed by atoms with E-state index in [1.165, 1.54) is 12.4 Å². The van der Waals surface area contributed by atoms with Crippen molar-refractivity contribution >= 4 is 33.4 Å². The first kappa shape index (κ1) is 14.8. The van der Waals surface area contributed by atoms with Crippen LogP contribution in [0.1, 0.15) is 18.0 Å². The molecule has 0 saturated heterocycles. The lowest BCUT2D eigenvalue weighted by Gasteiger charge is -2.25. The second kappa shape index (κ2) is 5.92. The van der Waals surface area contributed by atoms with Gasteiger partial charge in [0.2, 0.25) is 15.3 Å². The monoisotopic (exact) mass is 341 g/mol. The average Bonchev–Trinajstić information content (AvgIpc) is 2.48. The van der Waals surface area contributed by atoms with Crippen molar-refractivity contribution in [2.24, 2.45) is 0 Å². The highest BCUT2D eigenvalue weighted by molar-refractivity contribution is 7.99. The molecule has 0 aliphatic carbocycles. The molecular formula is C13H12ClN3O2S2. The summed E-state index contributed by atoms with van der Waals surface area (Å²) in [5.41, 5.74) is 1.01. The van der Waals surface area contributed by atoms with Gasteiger partial charge in [0, 0.05) is 10.9 Å². The maximum Gasteiger partial charge on any atom is 0.244 e. The van der Waals surface area contributed by atoms with E-state index < -0.39 is 10.0 Å². The molecule has 0 amide bonds. The van der Waals surface area contributed by atoms with E-state index >= 15 is 0 Å². The van der Waals surface area contributed by atoms with Gasteiger partial charge in [-0.25, -0.2) is 23.1 Å². The van der Waals surface area contributed by atoms with E-state index in [2.05, 4.69) is 14.7 Å². The van der Waals surface area contributed by atoms with Gasteiger partial charge < -0.3 is 0 Å². The third kappa shape index (κ3) is 3.21. The van der Waals surface area contributed by atoms with Crippen LogP contribution in [0.4, 0.5) is 0 Å². The molecule has 1 aromatic carbocycles. The first-order chi connectivity index (χ1) is 10.1. The molecule has 8 heteroatoms. The van der Waals surface area contributed by atoms with Gasteiger partial charge in [0.1, 0.15) is 4.90 Å². The van der Waals surface area contributed by atoms with Crippen LogP contribution in [0.15, 0.2) is 46.5 Å². The average molecular weight is 342 g/mol. The summed E-state index contributed by atoms with van der Waals surface area (Å²) in [6, 6.07) is 7.59. The fourth-order valence-electron chi connectivity index (χ4n) is 2.16. The smallest absolute Gasteiger partial charge is 0.225 e. The van der Waals surface area contributed by atoms with Crippen molar-refractivity contribution in [3.8, 4) is 0 Å². The number of rotatable bonds is 3. The second-order valence-corrected chi connectivity index (χ2v) is 7.73. The summed E-state index contributed by atoms with van der Waals surface area (Å²) in [7, 11) is -3.66. The molecule has 1 aliphatic rings. The Morgan fingerprint density at radius 2 is 1.95 bits per heavy atom. The van der Waals surface area contributed by atoms with E-state index in [1.54, 1.807) is 11.8 Å². The normalized spacial score (nSPS) is 18.2. The number of hydrogen-bond donors (Lipinski definition) is 1. The van der Waals surface area contributed by atoms with Gasteiger partial charge in [-0.2, -0.15) is 0 Å². The van der Waals surface area contributed by atoms with Gasteiger partial charge in [0.05, 0.1) is 12.4 Å². The zero-order chi connectivity index (χ0) is 14.9. The third-order valence-electron chi connectivity index (χ3n) is 3.16. The van der Waals surface area contributed by atoms with Crippen LogP contribution in [0.25, 0.3) is 0 Å². The highest BCUT2D eigenvalue weighted by Gasteiger charge is 2.26. The van der Waals surface area contributed by atoms with Gasteiger partial charge >= 0.3 is 0 Å². The Bertz CT molecular complexity index is 750. The van der Waals surface area contributed by atoms with Gasteiger partial charge in [0.25, 0.3) is 0 Å². The Labute approximate surface area is 132 Å². The van der Waals surface area contributed by atoms with Crippen molar-refractivity contribution in [1.82, 2.24) is 14.7 Å². The molecule has 3 rings (SSSR count). The lowest BCUT2D eigenvalue weighted by atomic mass is 10.1. The molecule has 1 N–H and O–H groups in total. The maximum absolute atomic E-state index is 12.4. The molecule has 2 aromatic rings. The summed E-state index contributed by atoms with van der Waals surface area (Å²) >= 11 is 7.32. The van der Waals surface area contributed by atoms with Gasteiger partial charge in [0.15, 0.2) is 0 Å². The zero-order valence-electron chi connectivity index (χ0n) is 10.9. The number of nitrogens with zero attached hydrogens (tertiary/aromatic N) is 2. The zero-order valence-corrected chi connectivity index (χ0v) is 13.2. The highest BCUT2D eigenvalue weighted by Crippen LogP contribution is 2.36. The minimum absolute atomic E-state index is 0.0163. The predicted octanol–water partition coefficient (Wildman–Crippen LogP) is 2.65. The minimum Gasteiger partial charge on any atom is -0.225 e. The van der Waals surface area contributed by atoms with E-state index in [9.17, 15) is 8.42 Å². The highest BCUT2D eigenvalue weighted by atomic mass is 35.5. The number of halogens is 1.